The van der Waals surface area contributed by atoms with Crippen molar-refractivity contribution in [1.82, 2.24) is 0 Å². The first-order valence-corrected chi connectivity index (χ1v) is 4.54. The number of ether oxygens (including phenoxy) is 1. The molecule has 0 bridgehead atoms. The van der Waals surface area contributed by atoms with Gasteiger partial charge in [-0.1, -0.05) is 11.6 Å². The first kappa shape index (κ1) is 10.8. The highest BCUT2D eigenvalue weighted by Crippen LogP contribution is 2.21. The summed E-state index contributed by atoms with van der Waals surface area (Å²) in [6.45, 7) is -0.0806. The molecule has 0 aliphatic rings. The first-order valence-electron chi connectivity index (χ1n) is 4.16. The van der Waals surface area contributed by atoms with Gasteiger partial charge in [-0.15, -0.1) is 0 Å². The standard InChI is InChI=1S/C10H9ClFNO/c11-10-6-9(14-5-1-4-12)3-2-8(10)7-13/h2-3,6H,1,4-5H2. The van der Waals surface area contributed by atoms with E-state index in [1.165, 1.54) is 0 Å². The third kappa shape index (κ3) is 2.90. The smallest absolute Gasteiger partial charge is 0.120 e. The minimum absolute atomic E-state index is 0.318. The SMILES string of the molecule is N#Cc1ccc(OCCCF)cc1Cl. The van der Waals surface area contributed by atoms with E-state index in [4.69, 9.17) is 21.6 Å². The van der Waals surface area contributed by atoms with E-state index >= 15 is 0 Å². The lowest BCUT2D eigenvalue weighted by atomic mass is 10.2. The van der Waals surface area contributed by atoms with Crippen LogP contribution in [0.15, 0.2) is 18.2 Å². The molecule has 4 heteroatoms. The summed E-state index contributed by atoms with van der Waals surface area (Å²) in [5, 5.41) is 8.95. The first-order chi connectivity index (χ1) is 6.77. The van der Waals surface area contributed by atoms with Crippen LogP contribution in [0.25, 0.3) is 0 Å². The Labute approximate surface area is 86.9 Å². The number of halogens is 2. The summed E-state index contributed by atoms with van der Waals surface area (Å²) in [4.78, 5) is 0. The maximum absolute atomic E-state index is 11.7. The van der Waals surface area contributed by atoms with Crippen LogP contribution in [-0.2, 0) is 0 Å². The summed E-state index contributed by atoms with van der Waals surface area (Å²) >= 11 is 5.77. The molecule has 0 radical (unpaired) electrons. The average molecular weight is 214 g/mol. The summed E-state index contributed by atoms with van der Waals surface area (Å²) in [6.07, 6.45) is 0.359. The van der Waals surface area contributed by atoms with E-state index in [9.17, 15) is 4.39 Å². The zero-order valence-corrected chi connectivity index (χ0v) is 8.22. The molecular formula is C10H9ClFNO. The Bertz CT molecular complexity index is 348. The fourth-order valence-corrected chi connectivity index (χ4v) is 1.13. The Morgan fingerprint density at radius 2 is 2.29 bits per heavy atom. The predicted molar refractivity (Wildman–Crippen MR) is 52.3 cm³/mol. The normalized spacial score (nSPS) is 9.50. The van der Waals surface area contributed by atoms with E-state index in [0.717, 1.165) is 0 Å². The summed E-state index contributed by atoms with van der Waals surface area (Å²) in [7, 11) is 0. The molecule has 0 N–H and O–H groups in total. The molecule has 0 aliphatic heterocycles. The van der Waals surface area contributed by atoms with Gasteiger partial charge in [-0.3, -0.25) is 4.39 Å². The highest BCUT2D eigenvalue weighted by Gasteiger charge is 2.01. The lowest BCUT2D eigenvalue weighted by molar-refractivity contribution is 0.289. The van der Waals surface area contributed by atoms with Crippen molar-refractivity contribution in [3.63, 3.8) is 0 Å². The minimum Gasteiger partial charge on any atom is -0.493 e. The Kier molecular flexibility index (Phi) is 4.21. The van der Waals surface area contributed by atoms with Crippen LogP contribution in [0.5, 0.6) is 5.75 Å². The van der Waals surface area contributed by atoms with Gasteiger partial charge in [-0.05, 0) is 12.1 Å². The largest absolute Gasteiger partial charge is 0.493 e. The number of alkyl halides is 1. The number of nitriles is 1. The Morgan fingerprint density at radius 3 is 2.86 bits per heavy atom. The van der Waals surface area contributed by atoms with Crippen molar-refractivity contribution >= 4 is 11.6 Å². The molecule has 74 valence electrons. The molecule has 0 aromatic heterocycles. The van der Waals surface area contributed by atoms with Gasteiger partial charge in [0.2, 0.25) is 0 Å². The van der Waals surface area contributed by atoms with E-state index in [0.29, 0.717) is 29.4 Å². The van der Waals surface area contributed by atoms with Crippen molar-refractivity contribution in [3.05, 3.63) is 28.8 Å². The highest BCUT2D eigenvalue weighted by molar-refractivity contribution is 6.31. The molecule has 0 unspecified atom stereocenters. The Balaban J connectivity index is 2.63. The molecule has 1 aromatic carbocycles. The molecule has 0 spiro atoms. The second-order valence-corrected chi connectivity index (χ2v) is 3.05. The molecule has 2 nitrogen and oxygen atoms in total. The lowest BCUT2D eigenvalue weighted by Gasteiger charge is -2.05. The van der Waals surface area contributed by atoms with Crippen molar-refractivity contribution in [3.8, 4) is 11.8 Å². The average Bonchev–Trinajstić information content (AvgIpc) is 2.18. The van der Waals surface area contributed by atoms with Gasteiger partial charge in [-0.25, -0.2) is 0 Å². The van der Waals surface area contributed by atoms with Crippen LogP contribution in [0, 0.1) is 11.3 Å². The van der Waals surface area contributed by atoms with E-state index in [1.54, 1.807) is 18.2 Å². The highest BCUT2D eigenvalue weighted by atomic mass is 35.5. The molecule has 0 heterocycles. The number of hydrogen-bond acceptors (Lipinski definition) is 2. The third-order valence-corrected chi connectivity index (χ3v) is 1.92. The minimum atomic E-state index is -0.399. The number of rotatable bonds is 4. The van der Waals surface area contributed by atoms with Crippen LogP contribution in [0.2, 0.25) is 5.02 Å². The summed E-state index contributed by atoms with van der Waals surface area (Å²) in [5.41, 5.74) is 0.407. The number of hydrogen-bond donors (Lipinski definition) is 0. The van der Waals surface area contributed by atoms with E-state index in [-0.39, 0.29) is 0 Å². The molecule has 1 aromatic rings. The number of benzene rings is 1. The molecule has 0 saturated carbocycles. The van der Waals surface area contributed by atoms with Gasteiger partial charge in [0, 0.05) is 12.5 Å². The second kappa shape index (κ2) is 5.46. The van der Waals surface area contributed by atoms with E-state index in [2.05, 4.69) is 0 Å². The van der Waals surface area contributed by atoms with Crippen LogP contribution in [0.3, 0.4) is 0 Å². The van der Waals surface area contributed by atoms with E-state index < -0.39 is 6.67 Å². The molecular weight excluding hydrogens is 205 g/mol. The quantitative estimate of drug-likeness (QED) is 0.721. The van der Waals surface area contributed by atoms with Gasteiger partial charge in [0.25, 0.3) is 0 Å². The zero-order chi connectivity index (χ0) is 10.4. The summed E-state index contributed by atoms with van der Waals surface area (Å²) < 4.78 is 16.9. The van der Waals surface area contributed by atoms with Crippen molar-refractivity contribution in [2.45, 2.75) is 6.42 Å². The van der Waals surface area contributed by atoms with Crippen molar-refractivity contribution in [1.29, 1.82) is 5.26 Å². The van der Waals surface area contributed by atoms with Crippen LogP contribution >= 0.6 is 11.6 Å². The Morgan fingerprint density at radius 1 is 1.50 bits per heavy atom. The molecule has 0 aliphatic carbocycles. The summed E-state index contributed by atoms with van der Waals surface area (Å²) in [5.74, 6) is 0.558. The molecule has 0 amide bonds. The fourth-order valence-electron chi connectivity index (χ4n) is 0.921. The topological polar surface area (TPSA) is 33.0 Å². The van der Waals surface area contributed by atoms with Crippen LogP contribution < -0.4 is 4.74 Å². The van der Waals surface area contributed by atoms with Gasteiger partial charge in [0.05, 0.1) is 23.9 Å². The maximum Gasteiger partial charge on any atom is 0.120 e. The van der Waals surface area contributed by atoms with Crippen molar-refractivity contribution < 1.29 is 9.13 Å². The van der Waals surface area contributed by atoms with Crippen LogP contribution in [-0.4, -0.2) is 13.3 Å². The summed E-state index contributed by atoms with van der Waals surface area (Å²) in [6, 6.07) is 6.71. The fraction of sp³-hybridized carbons (Fsp3) is 0.300. The van der Waals surface area contributed by atoms with Gasteiger partial charge < -0.3 is 4.74 Å². The van der Waals surface area contributed by atoms with Crippen molar-refractivity contribution in [2.75, 3.05) is 13.3 Å². The van der Waals surface area contributed by atoms with Gasteiger partial charge >= 0.3 is 0 Å². The monoisotopic (exact) mass is 213 g/mol. The van der Waals surface area contributed by atoms with Crippen LogP contribution in [0.4, 0.5) is 4.39 Å². The molecule has 1 rings (SSSR count). The zero-order valence-electron chi connectivity index (χ0n) is 7.46. The van der Waals surface area contributed by atoms with E-state index in [1.807, 2.05) is 6.07 Å². The van der Waals surface area contributed by atoms with Gasteiger partial charge in [0.15, 0.2) is 0 Å². The predicted octanol–water partition coefficient (Wildman–Crippen LogP) is 2.95. The number of nitrogens with zero attached hydrogens (tertiary/aromatic N) is 1. The van der Waals surface area contributed by atoms with Crippen molar-refractivity contribution in [2.24, 2.45) is 0 Å². The van der Waals surface area contributed by atoms with Crippen LogP contribution in [0.1, 0.15) is 12.0 Å². The maximum atomic E-state index is 11.7. The molecule has 0 saturated heterocycles. The molecule has 0 fully saturated rings. The molecule has 14 heavy (non-hydrogen) atoms. The Hall–Kier alpha value is -1.27. The lowest BCUT2D eigenvalue weighted by Crippen LogP contribution is -1.98. The van der Waals surface area contributed by atoms with Gasteiger partial charge in [-0.2, -0.15) is 5.26 Å². The van der Waals surface area contributed by atoms with Gasteiger partial charge in [0.1, 0.15) is 11.8 Å². The third-order valence-electron chi connectivity index (χ3n) is 1.61. The molecule has 0 atom stereocenters. The second-order valence-electron chi connectivity index (χ2n) is 2.64.